The largest absolute Gasteiger partial charge is 0.472 e. The number of hydrogen-bond acceptors (Lipinski definition) is 7. The minimum atomic E-state index is -4.38. The zero-order valence-electron chi connectivity index (χ0n) is 39.0. The van der Waals surface area contributed by atoms with Gasteiger partial charge in [-0.3, -0.25) is 18.6 Å². The Labute approximate surface area is 363 Å². The highest BCUT2D eigenvalue weighted by molar-refractivity contribution is 7.47. The molecule has 0 aromatic carbocycles. The molecule has 0 aromatic heterocycles. The number of likely N-dealkylation sites (N-methyl/N-ethyl adjacent to an activating group) is 1. The highest BCUT2D eigenvalue weighted by Crippen LogP contribution is 2.43. The Balaban J connectivity index is 4.28. The Morgan fingerprint density at radius 1 is 0.542 bits per heavy atom. The number of phosphoric ester groups is 1. The van der Waals surface area contributed by atoms with Crippen molar-refractivity contribution in [3.8, 4) is 0 Å². The first-order chi connectivity index (χ1) is 28.5. The van der Waals surface area contributed by atoms with Crippen LogP contribution in [0.1, 0.15) is 213 Å². The van der Waals surface area contributed by atoms with Gasteiger partial charge in [-0.05, 0) is 44.9 Å². The van der Waals surface area contributed by atoms with Crippen molar-refractivity contribution < 1.29 is 42.1 Å². The van der Waals surface area contributed by atoms with Crippen molar-refractivity contribution in [2.24, 2.45) is 0 Å². The number of rotatable bonds is 44. The lowest BCUT2D eigenvalue weighted by atomic mass is 10.0. The Morgan fingerprint density at radius 2 is 0.966 bits per heavy atom. The van der Waals surface area contributed by atoms with Gasteiger partial charge >= 0.3 is 19.8 Å². The first kappa shape index (κ1) is 57.2. The highest BCUT2D eigenvalue weighted by atomic mass is 31.2. The van der Waals surface area contributed by atoms with Gasteiger partial charge in [0.25, 0.3) is 0 Å². The Hall–Kier alpha value is -1.77. The minimum Gasteiger partial charge on any atom is -0.462 e. The van der Waals surface area contributed by atoms with Gasteiger partial charge in [0.2, 0.25) is 0 Å². The van der Waals surface area contributed by atoms with Crippen molar-refractivity contribution in [3.63, 3.8) is 0 Å². The van der Waals surface area contributed by atoms with Gasteiger partial charge in [-0.1, -0.05) is 192 Å². The van der Waals surface area contributed by atoms with Crippen LogP contribution in [0.2, 0.25) is 0 Å². The van der Waals surface area contributed by atoms with Crippen LogP contribution in [0.3, 0.4) is 0 Å². The summed E-state index contributed by atoms with van der Waals surface area (Å²) in [6.07, 6.45) is 47.6. The van der Waals surface area contributed by atoms with Crippen molar-refractivity contribution in [2.75, 3.05) is 47.5 Å². The fourth-order valence-electron chi connectivity index (χ4n) is 6.68. The fraction of sp³-hybridized carbons (Fsp3) is 0.837. The SMILES string of the molecule is CC/C=C\C/C=C\C/C=C\CCCCCCCCCC(=O)OC(COC(=O)CCCCCCCCCCCCCCCCCCCC)COP(=O)(O)OCC[N+](C)(C)C. The highest BCUT2D eigenvalue weighted by Gasteiger charge is 2.27. The maximum absolute atomic E-state index is 12.7. The molecule has 0 aliphatic heterocycles. The molecule has 0 aliphatic carbocycles. The number of ether oxygens (including phenoxy) is 2. The average molecular weight is 855 g/mol. The molecule has 0 radical (unpaired) electrons. The van der Waals surface area contributed by atoms with E-state index in [9.17, 15) is 19.0 Å². The summed E-state index contributed by atoms with van der Waals surface area (Å²) in [5, 5.41) is 0. The molecule has 0 saturated heterocycles. The number of phosphoric acid groups is 1. The van der Waals surface area contributed by atoms with Crippen molar-refractivity contribution in [1.82, 2.24) is 0 Å². The third-order valence-electron chi connectivity index (χ3n) is 10.4. The van der Waals surface area contributed by atoms with E-state index in [-0.39, 0.29) is 25.6 Å². The molecule has 2 atom stereocenters. The van der Waals surface area contributed by atoms with Crippen LogP contribution >= 0.6 is 7.82 Å². The van der Waals surface area contributed by atoms with Gasteiger partial charge in [0.15, 0.2) is 6.10 Å². The zero-order chi connectivity index (χ0) is 43.6. The monoisotopic (exact) mass is 855 g/mol. The number of unbranched alkanes of at least 4 members (excludes halogenated alkanes) is 24. The first-order valence-corrected chi connectivity index (χ1v) is 25.7. The summed E-state index contributed by atoms with van der Waals surface area (Å²) < 4.78 is 34.4. The summed E-state index contributed by atoms with van der Waals surface area (Å²) in [5.74, 6) is -0.802. The van der Waals surface area contributed by atoms with Gasteiger partial charge in [0, 0.05) is 12.8 Å². The fourth-order valence-corrected chi connectivity index (χ4v) is 7.42. The molecule has 0 fully saturated rings. The second-order valence-electron chi connectivity index (χ2n) is 17.5. The van der Waals surface area contributed by atoms with Gasteiger partial charge in [-0.15, -0.1) is 0 Å². The van der Waals surface area contributed by atoms with E-state index >= 15 is 0 Å². The molecule has 0 aliphatic rings. The minimum absolute atomic E-state index is 0.0304. The smallest absolute Gasteiger partial charge is 0.462 e. The third kappa shape index (κ3) is 45.6. The predicted octanol–water partition coefficient (Wildman–Crippen LogP) is 14.1. The van der Waals surface area contributed by atoms with Gasteiger partial charge < -0.3 is 18.9 Å². The first-order valence-electron chi connectivity index (χ1n) is 24.2. The molecular weight excluding hydrogens is 762 g/mol. The van der Waals surface area contributed by atoms with Crippen LogP contribution in [0, 0.1) is 0 Å². The van der Waals surface area contributed by atoms with Crippen LogP contribution in [0.25, 0.3) is 0 Å². The maximum Gasteiger partial charge on any atom is 0.472 e. The second kappa shape index (κ2) is 41.6. The summed E-state index contributed by atoms with van der Waals surface area (Å²) >= 11 is 0. The molecule has 10 heteroatoms. The standard InChI is InChI=1S/C49H92NO8P/c1-6-8-10-12-14-16-18-20-22-24-26-27-29-31-33-35-37-39-41-48(51)55-45-47(46-57-59(53,54)56-44-43-50(3,4)5)58-49(52)42-40-38-36-34-32-30-28-25-23-21-19-17-15-13-11-9-7-2/h9,11,15,17,21,23,47H,6-8,10,12-14,16,18-20,22,24-46H2,1-5H3/p+1/b11-9-,17-15-,23-21-. The maximum atomic E-state index is 12.7. The van der Waals surface area contributed by atoms with Crippen molar-refractivity contribution in [3.05, 3.63) is 36.5 Å². The van der Waals surface area contributed by atoms with Crippen molar-refractivity contribution in [1.29, 1.82) is 0 Å². The lowest BCUT2D eigenvalue weighted by Crippen LogP contribution is -2.37. The second-order valence-corrected chi connectivity index (χ2v) is 18.9. The number of hydrogen-bond donors (Lipinski definition) is 1. The molecule has 0 bridgehead atoms. The Bertz CT molecular complexity index is 1100. The van der Waals surface area contributed by atoms with E-state index in [2.05, 4.69) is 50.3 Å². The van der Waals surface area contributed by atoms with Gasteiger partial charge in [0.1, 0.15) is 19.8 Å². The third-order valence-corrected chi connectivity index (χ3v) is 11.4. The topological polar surface area (TPSA) is 108 Å². The molecule has 9 nitrogen and oxygen atoms in total. The van der Waals surface area contributed by atoms with E-state index in [1.165, 1.54) is 116 Å². The molecule has 2 unspecified atom stereocenters. The van der Waals surface area contributed by atoms with Crippen LogP contribution in [0.5, 0.6) is 0 Å². The van der Waals surface area contributed by atoms with E-state index in [1.807, 2.05) is 21.1 Å². The van der Waals surface area contributed by atoms with Gasteiger partial charge in [-0.25, -0.2) is 4.57 Å². The van der Waals surface area contributed by atoms with E-state index < -0.39 is 26.5 Å². The van der Waals surface area contributed by atoms with Crippen molar-refractivity contribution >= 4 is 19.8 Å². The number of carbonyl (C=O) groups is 2. The van der Waals surface area contributed by atoms with E-state index in [4.69, 9.17) is 18.5 Å². The lowest BCUT2D eigenvalue weighted by molar-refractivity contribution is -0.870. The summed E-state index contributed by atoms with van der Waals surface area (Å²) in [4.78, 5) is 35.5. The summed E-state index contributed by atoms with van der Waals surface area (Å²) in [6, 6.07) is 0. The molecule has 1 N–H and O–H groups in total. The number of quaternary nitrogens is 1. The lowest BCUT2D eigenvalue weighted by Gasteiger charge is -2.24. The van der Waals surface area contributed by atoms with Crippen molar-refractivity contribution in [2.45, 2.75) is 219 Å². The molecule has 346 valence electrons. The number of carbonyl (C=O) groups excluding carboxylic acids is 2. The number of nitrogens with zero attached hydrogens (tertiary/aromatic N) is 1. The molecule has 0 spiro atoms. The van der Waals surface area contributed by atoms with Crippen LogP contribution < -0.4 is 0 Å². The summed E-state index contributed by atoms with van der Waals surface area (Å²) in [5.41, 5.74) is 0. The number of esters is 2. The van der Waals surface area contributed by atoms with Gasteiger partial charge in [0.05, 0.1) is 27.7 Å². The average Bonchev–Trinajstić information content (AvgIpc) is 3.19. The molecule has 0 heterocycles. The normalized spacial score (nSPS) is 13.8. The Kier molecular flexibility index (Phi) is 40.3. The van der Waals surface area contributed by atoms with Crippen LogP contribution in [0.15, 0.2) is 36.5 Å². The molecule has 0 aromatic rings. The van der Waals surface area contributed by atoms with Gasteiger partial charge in [-0.2, -0.15) is 0 Å². The summed E-state index contributed by atoms with van der Waals surface area (Å²) in [7, 11) is 1.47. The molecular formula is C49H93NO8P+. The quantitative estimate of drug-likeness (QED) is 0.0212. The Morgan fingerprint density at radius 3 is 1.44 bits per heavy atom. The molecule has 0 amide bonds. The van der Waals surface area contributed by atoms with Crippen LogP contribution in [-0.4, -0.2) is 74.9 Å². The molecule has 59 heavy (non-hydrogen) atoms. The van der Waals surface area contributed by atoms with E-state index in [1.54, 1.807) is 0 Å². The zero-order valence-corrected chi connectivity index (χ0v) is 39.9. The molecule has 0 rings (SSSR count). The van der Waals surface area contributed by atoms with Crippen LogP contribution in [0.4, 0.5) is 0 Å². The van der Waals surface area contributed by atoms with E-state index in [0.29, 0.717) is 23.9 Å². The number of allylic oxidation sites excluding steroid dienone is 6. The summed E-state index contributed by atoms with van der Waals surface area (Å²) in [6.45, 7) is 4.33. The van der Waals surface area contributed by atoms with E-state index in [0.717, 1.165) is 64.2 Å². The predicted molar refractivity (Wildman–Crippen MR) is 247 cm³/mol. The molecule has 0 saturated carbocycles. The van der Waals surface area contributed by atoms with Crippen LogP contribution in [-0.2, 0) is 32.7 Å².